The minimum absolute atomic E-state index is 0.801. The van der Waals surface area contributed by atoms with Gasteiger partial charge in [0.15, 0.2) is 5.82 Å². The summed E-state index contributed by atoms with van der Waals surface area (Å²) in [7, 11) is 4.01. The summed E-state index contributed by atoms with van der Waals surface area (Å²) in [6, 6.07) is 8.10. The van der Waals surface area contributed by atoms with Gasteiger partial charge < -0.3 is 4.90 Å². The zero-order valence-electron chi connectivity index (χ0n) is 10.7. The van der Waals surface area contributed by atoms with Crippen molar-refractivity contribution in [1.82, 2.24) is 9.97 Å². The van der Waals surface area contributed by atoms with Crippen molar-refractivity contribution in [3.63, 3.8) is 0 Å². The van der Waals surface area contributed by atoms with E-state index in [1.165, 1.54) is 0 Å². The van der Waals surface area contributed by atoms with Gasteiger partial charge in [0.05, 0.1) is 5.52 Å². The Morgan fingerprint density at radius 2 is 1.88 bits per heavy atom. The van der Waals surface area contributed by atoms with Gasteiger partial charge in [0.25, 0.3) is 0 Å². The summed E-state index contributed by atoms with van der Waals surface area (Å²) < 4.78 is 0. The van der Waals surface area contributed by atoms with E-state index in [0.29, 0.717) is 0 Å². The van der Waals surface area contributed by atoms with Gasteiger partial charge in [-0.3, -0.25) is 0 Å². The topological polar surface area (TPSA) is 29.0 Å². The number of nitrogens with zero attached hydrogens (tertiary/aromatic N) is 3. The molecule has 0 unspecified atom stereocenters. The fourth-order valence-electron chi connectivity index (χ4n) is 1.71. The zero-order chi connectivity index (χ0) is 12.4. The molecule has 1 heterocycles. The monoisotopic (exact) mass is 227 g/mol. The standard InChI is InChI=1S/C14H17N3/c1-5-10(2)13-15-12-9-7-6-8-11(12)14(16-13)17(3)4/h5-9H,1-4H3/b10-5+. The third kappa shape index (κ3) is 2.13. The molecular formula is C14H17N3. The molecule has 0 spiro atoms. The number of aromatic nitrogens is 2. The lowest BCUT2D eigenvalue weighted by atomic mass is 10.2. The zero-order valence-corrected chi connectivity index (χ0v) is 10.7. The van der Waals surface area contributed by atoms with Crippen LogP contribution in [0.5, 0.6) is 0 Å². The predicted molar refractivity (Wildman–Crippen MR) is 73.2 cm³/mol. The second-order valence-electron chi connectivity index (χ2n) is 4.25. The highest BCUT2D eigenvalue weighted by Gasteiger charge is 2.09. The number of allylic oxidation sites excluding steroid dienone is 2. The maximum absolute atomic E-state index is 4.62. The maximum Gasteiger partial charge on any atom is 0.157 e. The molecule has 3 heteroatoms. The number of para-hydroxylation sites is 1. The largest absolute Gasteiger partial charge is 0.362 e. The molecule has 0 amide bonds. The number of hydrogen-bond acceptors (Lipinski definition) is 3. The van der Waals surface area contributed by atoms with Crippen molar-refractivity contribution >= 4 is 22.3 Å². The van der Waals surface area contributed by atoms with Crippen molar-refractivity contribution in [3.05, 3.63) is 36.2 Å². The van der Waals surface area contributed by atoms with Crippen LogP contribution in [0.25, 0.3) is 16.5 Å². The van der Waals surface area contributed by atoms with Crippen molar-refractivity contribution in [1.29, 1.82) is 0 Å². The first-order chi connectivity index (χ1) is 8.13. The second-order valence-corrected chi connectivity index (χ2v) is 4.25. The average molecular weight is 227 g/mol. The highest BCUT2D eigenvalue weighted by molar-refractivity contribution is 5.90. The van der Waals surface area contributed by atoms with Gasteiger partial charge in [-0.15, -0.1) is 0 Å². The van der Waals surface area contributed by atoms with Crippen molar-refractivity contribution in [2.45, 2.75) is 13.8 Å². The fourth-order valence-corrected chi connectivity index (χ4v) is 1.71. The van der Waals surface area contributed by atoms with E-state index in [0.717, 1.165) is 28.1 Å². The Bertz CT molecular complexity index is 571. The van der Waals surface area contributed by atoms with Crippen molar-refractivity contribution < 1.29 is 0 Å². The molecule has 0 fully saturated rings. The quantitative estimate of drug-likeness (QED) is 0.789. The van der Waals surface area contributed by atoms with Crippen LogP contribution in [-0.4, -0.2) is 24.1 Å². The SMILES string of the molecule is C/C=C(\C)c1nc(N(C)C)c2ccccc2n1. The van der Waals surface area contributed by atoms with E-state index < -0.39 is 0 Å². The number of benzene rings is 1. The molecule has 88 valence electrons. The molecule has 0 bridgehead atoms. The summed E-state index contributed by atoms with van der Waals surface area (Å²) in [5.74, 6) is 1.77. The molecule has 3 nitrogen and oxygen atoms in total. The van der Waals surface area contributed by atoms with Gasteiger partial charge in [-0.2, -0.15) is 0 Å². The van der Waals surface area contributed by atoms with Crippen LogP contribution in [0.1, 0.15) is 19.7 Å². The lowest BCUT2D eigenvalue weighted by Crippen LogP contribution is -2.12. The first-order valence-electron chi connectivity index (χ1n) is 5.71. The first kappa shape index (κ1) is 11.6. The highest BCUT2D eigenvalue weighted by Crippen LogP contribution is 2.24. The van der Waals surface area contributed by atoms with Crippen molar-refractivity contribution in [3.8, 4) is 0 Å². The van der Waals surface area contributed by atoms with Crippen LogP contribution in [0.4, 0.5) is 5.82 Å². The molecule has 1 aromatic heterocycles. The Morgan fingerprint density at radius 3 is 2.53 bits per heavy atom. The average Bonchev–Trinajstić information content (AvgIpc) is 2.36. The Balaban J connectivity index is 2.76. The van der Waals surface area contributed by atoms with E-state index in [1.54, 1.807) is 0 Å². The van der Waals surface area contributed by atoms with Crippen LogP contribution in [0.3, 0.4) is 0 Å². The van der Waals surface area contributed by atoms with E-state index >= 15 is 0 Å². The predicted octanol–water partition coefficient (Wildman–Crippen LogP) is 3.12. The Hall–Kier alpha value is -1.90. The van der Waals surface area contributed by atoms with E-state index in [9.17, 15) is 0 Å². The molecule has 2 aromatic rings. The Morgan fingerprint density at radius 1 is 1.18 bits per heavy atom. The lowest BCUT2D eigenvalue weighted by molar-refractivity contribution is 1.04. The van der Waals surface area contributed by atoms with Gasteiger partial charge >= 0.3 is 0 Å². The van der Waals surface area contributed by atoms with E-state index in [2.05, 4.69) is 16.0 Å². The third-order valence-corrected chi connectivity index (χ3v) is 2.79. The molecule has 0 saturated carbocycles. The summed E-state index contributed by atoms with van der Waals surface area (Å²) in [6.07, 6.45) is 2.03. The summed E-state index contributed by atoms with van der Waals surface area (Å²) >= 11 is 0. The molecule has 0 saturated heterocycles. The molecule has 17 heavy (non-hydrogen) atoms. The minimum atomic E-state index is 0.801. The molecule has 0 aliphatic rings. The molecule has 0 aliphatic carbocycles. The molecule has 0 radical (unpaired) electrons. The Labute approximate surface area is 102 Å². The summed E-state index contributed by atoms with van der Waals surface area (Å²) in [4.78, 5) is 11.2. The minimum Gasteiger partial charge on any atom is -0.362 e. The molecule has 2 rings (SSSR count). The van der Waals surface area contributed by atoms with E-state index in [4.69, 9.17) is 0 Å². The van der Waals surface area contributed by atoms with Gasteiger partial charge in [-0.25, -0.2) is 9.97 Å². The van der Waals surface area contributed by atoms with Gasteiger partial charge in [0.1, 0.15) is 5.82 Å². The van der Waals surface area contributed by atoms with E-state index in [-0.39, 0.29) is 0 Å². The van der Waals surface area contributed by atoms with Gasteiger partial charge in [-0.1, -0.05) is 18.2 Å². The molecule has 1 aromatic carbocycles. The van der Waals surface area contributed by atoms with Crippen LogP contribution in [-0.2, 0) is 0 Å². The molecule has 0 aliphatic heterocycles. The lowest BCUT2D eigenvalue weighted by Gasteiger charge is -2.15. The van der Waals surface area contributed by atoms with Crippen LogP contribution in [0, 0.1) is 0 Å². The van der Waals surface area contributed by atoms with Crippen molar-refractivity contribution in [2.24, 2.45) is 0 Å². The maximum atomic E-state index is 4.62. The number of rotatable bonds is 2. The number of hydrogen-bond donors (Lipinski definition) is 0. The number of fused-ring (bicyclic) bond motifs is 1. The highest BCUT2D eigenvalue weighted by atomic mass is 15.2. The van der Waals surface area contributed by atoms with Crippen LogP contribution < -0.4 is 4.90 Å². The number of anilines is 1. The summed E-state index contributed by atoms with van der Waals surface area (Å²) in [6.45, 7) is 4.03. The molecule has 0 N–H and O–H groups in total. The third-order valence-electron chi connectivity index (χ3n) is 2.79. The Kier molecular flexibility index (Phi) is 3.09. The first-order valence-corrected chi connectivity index (χ1v) is 5.71. The molecular weight excluding hydrogens is 210 g/mol. The van der Waals surface area contributed by atoms with Gasteiger partial charge in [-0.05, 0) is 31.6 Å². The van der Waals surface area contributed by atoms with E-state index in [1.807, 2.05) is 57.1 Å². The smallest absolute Gasteiger partial charge is 0.157 e. The van der Waals surface area contributed by atoms with Gasteiger partial charge in [0, 0.05) is 19.5 Å². The van der Waals surface area contributed by atoms with Gasteiger partial charge in [0.2, 0.25) is 0 Å². The summed E-state index contributed by atoms with van der Waals surface area (Å²) in [5.41, 5.74) is 2.08. The molecule has 0 atom stereocenters. The van der Waals surface area contributed by atoms with Crippen molar-refractivity contribution in [2.75, 3.05) is 19.0 Å². The van der Waals surface area contributed by atoms with Crippen LogP contribution >= 0.6 is 0 Å². The fraction of sp³-hybridized carbons (Fsp3) is 0.286. The van der Waals surface area contributed by atoms with Crippen LogP contribution in [0.15, 0.2) is 30.3 Å². The normalized spacial score (nSPS) is 11.9. The second kappa shape index (κ2) is 4.53. The van der Waals surface area contributed by atoms with Crippen LogP contribution in [0.2, 0.25) is 0 Å². The summed E-state index contributed by atoms with van der Waals surface area (Å²) in [5, 5.41) is 1.09.